The summed E-state index contributed by atoms with van der Waals surface area (Å²) in [5.41, 5.74) is 0.305. The van der Waals surface area contributed by atoms with Crippen LogP contribution in [0.25, 0.3) is 0 Å². The predicted octanol–water partition coefficient (Wildman–Crippen LogP) is 1.82. The predicted molar refractivity (Wildman–Crippen MR) is 65.9 cm³/mol. The van der Waals surface area contributed by atoms with Gasteiger partial charge in [0.05, 0.1) is 12.4 Å². The number of ether oxygens (including phenoxy) is 1. The molecule has 7 heteroatoms. The summed E-state index contributed by atoms with van der Waals surface area (Å²) in [5, 5.41) is 0. The zero-order valence-electron chi connectivity index (χ0n) is 8.73. The smallest absolute Gasteiger partial charge is 0.238 e. The van der Waals surface area contributed by atoms with Gasteiger partial charge in [-0.05, 0) is 35.8 Å². The lowest BCUT2D eigenvalue weighted by Crippen LogP contribution is -2.15. The second-order valence-corrected chi connectivity index (χ2v) is 5.79. The third-order valence-corrected chi connectivity index (χ3v) is 3.43. The number of halogens is 1. The van der Waals surface area contributed by atoms with E-state index in [1.807, 2.05) is 0 Å². The fourth-order valence-corrected chi connectivity index (χ4v) is 1.91. The van der Waals surface area contributed by atoms with Crippen molar-refractivity contribution in [3.63, 3.8) is 0 Å². The fourth-order valence-electron chi connectivity index (χ4n) is 0.951. The van der Waals surface area contributed by atoms with Crippen LogP contribution in [0.3, 0.4) is 0 Å². The highest BCUT2D eigenvalue weighted by Crippen LogP contribution is 2.26. The van der Waals surface area contributed by atoms with Gasteiger partial charge in [-0.25, -0.2) is 13.4 Å². The zero-order chi connectivity index (χ0) is 12.2. The number of nitrogens with one attached hydrogen (secondary N) is 1. The highest BCUT2D eigenvalue weighted by Gasteiger charge is 2.12. The highest BCUT2D eigenvalue weighted by molar-refractivity contribution is 9.10. The molecule has 0 aliphatic carbocycles. The molecule has 0 spiro atoms. The molecule has 1 aromatic heterocycles. The van der Waals surface area contributed by atoms with Crippen molar-refractivity contribution in [3.8, 4) is 5.88 Å². The first-order valence-electron chi connectivity index (χ1n) is 4.56. The van der Waals surface area contributed by atoms with Crippen LogP contribution in [0.4, 0.5) is 5.69 Å². The van der Waals surface area contributed by atoms with Crippen molar-refractivity contribution in [2.75, 3.05) is 17.1 Å². The van der Waals surface area contributed by atoms with Gasteiger partial charge >= 0.3 is 0 Å². The second-order valence-electron chi connectivity index (χ2n) is 2.86. The second kappa shape index (κ2) is 5.49. The molecule has 1 radical (unpaired) electrons. The van der Waals surface area contributed by atoms with Gasteiger partial charge in [0, 0.05) is 10.7 Å². The molecule has 0 unspecified atom stereocenters. The molecule has 89 valence electrons. The molecular weight excluding hydrogens is 296 g/mol. The Morgan fingerprint density at radius 1 is 1.62 bits per heavy atom. The first kappa shape index (κ1) is 13.2. The van der Waals surface area contributed by atoms with Gasteiger partial charge in [0.15, 0.2) is 0 Å². The highest BCUT2D eigenvalue weighted by atomic mass is 79.9. The van der Waals surface area contributed by atoms with E-state index in [0.717, 1.165) is 0 Å². The number of pyridine rings is 1. The van der Waals surface area contributed by atoms with Gasteiger partial charge in [0.25, 0.3) is 0 Å². The van der Waals surface area contributed by atoms with Crippen molar-refractivity contribution >= 4 is 31.6 Å². The maximum atomic E-state index is 11.4. The maximum absolute atomic E-state index is 11.4. The van der Waals surface area contributed by atoms with Gasteiger partial charge in [0.1, 0.15) is 5.69 Å². The molecule has 1 aromatic rings. The summed E-state index contributed by atoms with van der Waals surface area (Å²) in [7, 11) is -3.34. The number of hydrogen-bond acceptors (Lipinski definition) is 4. The summed E-state index contributed by atoms with van der Waals surface area (Å²) in [6, 6.07) is 1.59. The van der Waals surface area contributed by atoms with E-state index in [4.69, 9.17) is 4.74 Å². The number of anilines is 1. The van der Waals surface area contributed by atoms with E-state index in [1.165, 1.54) is 6.20 Å². The van der Waals surface area contributed by atoms with Crippen molar-refractivity contribution in [2.45, 2.75) is 6.92 Å². The van der Waals surface area contributed by atoms with Gasteiger partial charge in [-0.3, -0.25) is 4.72 Å². The Balaban J connectivity index is 3.05. The third kappa shape index (κ3) is 3.64. The largest absolute Gasteiger partial charge is 0.476 e. The molecule has 16 heavy (non-hydrogen) atoms. The molecule has 5 nitrogen and oxygen atoms in total. The number of hydrogen-bond donors (Lipinski definition) is 1. The van der Waals surface area contributed by atoms with Gasteiger partial charge in [0.2, 0.25) is 15.9 Å². The molecule has 0 amide bonds. The molecule has 0 saturated heterocycles. The van der Waals surface area contributed by atoms with Crippen LogP contribution in [0.1, 0.15) is 6.92 Å². The minimum atomic E-state index is -3.34. The minimum absolute atomic E-state index is 0.0106. The Morgan fingerprint density at radius 2 is 2.31 bits per heavy atom. The van der Waals surface area contributed by atoms with Crippen LogP contribution < -0.4 is 9.46 Å². The van der Waals surface area contributed by atoms with Crippen LogP contribution in [-0.4, -0.2) is 25.8 Å². The van der Waals surface area contributed by atoms with Crippen molar-refractivity contribution < 1.29 is 13.2 Å². The Morgan fingerprint density at radius 3 is 2.88 bits per heavy atom. The molecule has 0 aromatic carbocycles. The van der Waals surface area contributed by atoms with Crippen LogP contribution in [0.5, 0.6) is 5.88 Å². The lowest BCUT2D eigenvalue weighted by atomic mass is 10.4. The molecule has 0 saturated carbocycles. The van der Waals surface area contributed by atoms with E-state index >= 15 is 0 Å². The molecule has 0 aliphatic heterocycles. The summed E-state index contributed by atoms with van der Waals surface area (Å²) in [6.07, 6.45) is 1.52. The first-order chi connectivity index (χ1) is 7.48. The summed E-state index contributed by atoms with van der Waals surface area (Å²) in [6.45, 7) is 5.24. The third-order valence-electron chi connectivity index (χ3n) is 1.70. The average molecular weight is 308 g/mol. The molecule has 1 N–H and O–H groups in total. The van der Waals surface area contributed by atoms with Crippen molar-refractivity contribution in [1.82, 2.24) is 4.98 Å². The van der Waals surface area contributed by atoms with E-state index in [-0.39, 0.29) is 18.2 Å². The first-order valence-corrected chi connectivity index (χ1v) is 7.01. The molecule has 0 atom stereocenters. The quantitative estimate of drug-likeness (QED) is 0.901. The van der Waals surface area contributed by atoms with Gasteiger partial charge in [-0.1, -0.05) is 0 Å². The summed E-state index contributed by atoms with van der Waals surface area (Å²) < 4.78 is 31.0. The van der Waals surface area contributed by atoms with E-state index in [1.54, 1.807) is 13.0 Å². The molecule has 0 fully saturated rings. The Hall–Kier alpha value is -0.820. The van der Waals surface area contributed by atoms with Gasteiger partial charge in [-0.15, -0.1) is 0 Å². The van der Waals surface area contributed by atoms with Crippen molar-refractivity contribution in [1.29, 1.82) is 0 Å². The van der Waals surface area contributed by atoms with Gasteiger partial charge < -0.3 is 4.74 Å². The van der Waals surface area contributed by atoms with E-state index in [9.17, 15) is 8.42 Å². The number of aromatic nitrogens is 1. The topological polar surface area (TPSA) is 68.3 Å². The Labute approximate surface area is 103 Å². The lowest BCUT2D eigenvalue weighted by Gasteiger charge is -2.11. The average Bonchev–Trinajstić information content (AvgIpc) is 2.22. The molecule has 1 heterocycles. The van der Waals surface area contributed by atoms with Crippen LogP contribution in [-0.2, 0) is 10.0 Å². The van der Waals surface area contributed by atoms with Crippen molar-refractivity contribution in [2.24, 2.45) is 0 Å². The number of rotatable bonds is 5. The number of nitrogens with zero attached hydrogens (tertiary/aromatic N) is 1. The Kier molecular flexibility index (Phi) is 4.55. The molecule has 0 aliphatic rings. The summed E-state index contributed by atoms with van der Waals surface area (Å²) in [5.74, 6) is 0.207. The summed E-state index contributed by atoms with van der Waals surface area (Å²) >= 11 is 3.21. The van der Waals surface area contributed by atoms with Crippen LogP contribution in [0.15, 0.2) is 16.7 Å². The monoisotopic (exact) mass is 307 g/mol. The van der Waals surface area contributed by atoms with E-state index in [2.05, 4.69) is 32.6 Å². The van der Waals surface area contributed by atoms with Crippen LogP contribution in [0, 0.1) is 6.92 Å². The standard InChI is InChI=1S/C9H12BrN2O3S/c1-3-15-9-8(5-7(10)6-11-9)12-16(13,14)4-2/h5-6,12H,1,3-4H2,2H3. The Bertz CT molecular complexity index is 462. The fraction of sp³-hybridized carbons (Fsp3) is 0.333. The minimum Gasteiger partial charge on any atom is -0.476 e. The summed E-state index contributed by atoms with van der Waals surface area (Å²) in [4.78, 5) is 3.95. The zero-order valence-corrected chi connectivity index (χ0v) is 11.1. The SMILES string of the molecule is [CH2]COc1ncc(Br)cc1NS(=O)(=O)CC. The molecular formula is C9H12BrN2O3S. The molecule has 0 bridgehead atoms. The van der Waals surface area contributed by atoms with Crippen LogP contribution >= 0.6 is 15.9 Å². The maximum Gasteiger partial charge on any atom is 0.238 e. The number of sulfonamides is 1. The van der Waals surface area contributed by atoms with E-state index < -0.39 is 10.0 Å². The molecule has 1 rings (SSSR count). The van der Waals surface area contributed by atoms with Crippen molar-refractivity contribution in [3.05, 3.63) is 23.7 Å². The van der Waals surface area contributed by atoms with Crippen LogP contribution in [0.2, 0.25) is 0 Å². The normalized spacial score (nSPS) is 11.2. The van der Waals surface area contributed by atoms with E-state index in [0.29, 0.717) is 10.2 Å². The van der Waals surface area contributed by atoms with Gasteiger partial charge in [-0.2, -0.15) is 0 Å². The lowest BCUT2D eigenvalue weighted by molar-refractivity contribution is 0.348.